The van der Waals surface area contributed by atoms with Crippen LogP contribution < -0.4 is 11.3 Å². The van der Waals surface area contributed by atoms with E-state index in [1.807, 2.05) is 0 Å². The van der Waals surface area contributed by atoms with Crippen molar-refractivity contribution in [3.05, 3.63) is 46.9 Å². The summed E-state index contributed by atoms with van der Waals surface area (Å²) in [5.41, 5.74) is 8.15. The minimum Gasteiger partial charge on any atom is -0.436 e. The molecule has 1 aromatic carbocycles. The quantitative estimate of drug-likeness (QED) is 0.659. The van der Waals surface area contributed by atoms with Crippen LogP contribution in [0.3, 0.4) is 0 Å². The van der Waals surface area contributed by atoms with Crippen LogP contribution in [0.25, 0.3) is 22.6 Å². The second-order valence-electron chi connectivity index (χ2n) is 4.08. The van der Waals surface area contributed by atoms with E-state index in [0.717, 1.165) is 0 Å². The first-order chi connectivity index (χ1) is 8.65. The Hall–Kier alpha value is -2.56. The lowest BCUT2D eigenvalue weighted by molar-refractivity contribution is 0.619. The molecule has 2 N–H and O–H groups in total. The molecule has 0 aliphatic rings. The number of nitrogens with zero attached hydrogens (tertiary/aromatic N) is 2. The van der Waals surface area contributed by atoms with Gasteiger partial charge in [0.05, 0.1) is 5.69 Å². The van der Waals surface area contributed by atoms with Crippen molar-refractivity contribution in [3.63, 3.8) is 0 Å². The summed E-state index contributed by atoms with van der Waals surface area (Å²) < 4.78 is 7.08. The number of rotatable bonds is 1. The molecule has 0 aliphatic heterocycles. The van der Waals surface area contributed by atoms with E-state index in [4.69, 9.17) is 10.2 Å². The number of aromatic nitrogens is 2. The van der Waals surface area contributed by atoms with E-state index in [9.17, 15) is 4.79 Å². The highest BCUT2D eigenvalue weighted by molar-refractivity contribution is 5.87. The monoisotopic (exact) mass is 241 g/mol. The first-order valence-electron chi connectivity index (χ1n) is 5.47. The molecule has 90 valence electrons. The Bertz CT molecular complexity index is 786. The van der Waals surface area contributed by atoms with Crippen molar-refractivity contribution < 1.29 is 4.42 Å². The number of fused-ring (bicyclic) bond motifs is 1. The van der Waals surface area contributed by atoms with Gasteiger partial charge in [-0.3, -0.25) is 4.79 Å². The second kappa shape index (κ2) is 3.73. The van der Waals surface area contributed by atoms with Gasteiger partial charge in [0.2, 0.25) is 5.89 Å². The van der Waals surface area contributed by atoms with Gasteiger partial charge in [0, 0.05) is 24.9 Å². The Morgan fingerprint density at radius 2 is 2.17 bits per heavy atom. The van der Waals surface area contributed by atoms with E-state index in [2.05, 4.69) is 4.98 Å². The molecular weight excluding hydrogens is 230 g/mol. The molecule has 0 saturated carbocycles. The highest BCUT2D eigenvalue weighted by Gasteiger charge is 2.10. The van der Waals surface area contributed by atoms with Gasteiger partial charge < -0.3 is 14.7 Å². The van der Waals surface area contributed by atoms with Crippen LogP contribution >= 0.6 is 0 Å². The van der Waals surface area contributed by atoms with Gasteiger partial charge in [0.25, 0.3) is 5.56 Å². The van der Waals surface area contributed by atoms with Gasteiger partial charge in [-0.15, -0.1) is 0 Å². The summed E-state index contributed by atoms with van der Waals surface area (Å²) in [5.74, 6) is 0.403. The van der Waals surface area contributed by atoms with Crippen molar-refractivity contribution in [2.45, 2.75) is 0 Å². The van der Waals surface area contributed by atoms with Gasteiger partial charge in [-0.1, -0.05) is 6.07 Å². The van der Waals surface area contributed by atoms with E-state index in [-0.39, 0.29) is 5.56 Å². The molecule has 0 atom stereocenters. The molecule has 0 aliphatic carbocycles. The molecule has 0 unspecified atom stereocenters. The number of pyridine rings is 1. The fraction of sp³-hybridized carbons (Fsp3) is 0.0769. The fourth-order valence-corrected chi connectivity index (χ4v) is 1.77. The molecule has 0 fully saturated rings. The number of anilines is 1. The van der Waals surface area contributed by atoms with Gasteiger partial charge in [-0.05, 0) is 18.2 Å². The fourth-order valence-electron chi connectivity index (χ4n) is 1.77. The summed E-state index contributed by atoms with van der Waals surface area (Å²) in [5, 5.41) is 0. The molecule has 3 rings (SSSR count). The summed E-state index contributed by atoms with van der Waals surface area (Å²) in [7, 11) is 1.69. The lowest BCUT2D eigenvalue weighted by Gasteiger charge is -1.97. The summed E-state index contributed by atoms with van der Waals surface area (Å²) in [4.78, 5) is 15.9. The molecule has 2 heterocycles. The summed E-state index contributed by atoms with van der Waals surface area (Å²) in [6.07, 6.45) is 1.68. The number of aryl methyl sites for hydroxylation is 1. The standard InChI is InChI=1S/C13H11N3O2/c1-16-6-5-8(7-11(16)17)13-15-12-9(14)3-2-4-10(12)18-13/h2-7H,14H2,1H3. The number of nitrogen functional groups attached to an aromatic ring is 1. The zero-order valence-electron chi connectivity index (χ0n) is 9.75. The lowest BCUT2D eigenvalue weighted by Crippen LogP contribution is -2.14. The average molecular weight is 241 g/mol. The normalized spacial score (nSPS) is 10.9. The topological polar surface area (TPSA) is 74.1 Å². The second-order valence-corrected chi connectivity index (χ2v) is 4.08. The Labute approximate surface area is 102 Å². The van der Waals surface area contributed by atoms with E-state index in [1.165, 1.54) is 10.6 Å². The van der Waals surface area contributed by atoms with Gasteiger partial charge >= 0.3 is 0 Å². The first kappa shape index (κ1) is 10.6. The van der Waals surface area contributed by atoms with Crippen LogP contribution in [0.15, 0.2) is 45.7 Å². The highest BCUT2D eigenvalue weighted by atomic mass is 16.3. The Morgan fingerprint density at radius 1 is 1.33 bits per heavy atom. The summed E-state index contributed by atoms with van der Waals surface area (Å²) in [6, 6.07) is 8.63. The third-order valence-corrected chi connectivity index (χ3v) is 2.80. The van der Waals surface area contributed by atoms with Gasteiger partial charge in [-0.25, -0.2) is 4.98 Å². The maximum absolute atomic E-state index is 11.6. The van der Waals surface area contributed by atoms with Crippen LogP contribution in [0, 0.1) is 0 Å². The van der Waals surface area contributed by atoms with Gasteiger partial charge in [0.1, 0.15) is 5.52 Å². The average Bonchev–Trinajstić information content (AvgIpc) is 2.78. The summed E-state index contributed by atoms with van der Waals surface area (Å²) in [6.45, 7) is 0. The van der Waals surface area contributed by atoms with E-state index in [1.54, 1.807) is 37.5 Å². The maximum atomic E-state index is 11.6. The Kier molecular flexibility index (Phi) is 2.19. The number of nitrogens with two attached hydrogens (primary N) is 1. The maximum Gasteiger partial charge on any atom is 0.251 e. The number of benzene rings is 1. The highest BCUT2D eigenvalue weighted by Crippen LogP contribution is 2.26. The molecule has 3 aromatic rings. The largest absolute Gasteiger partial charge is 0.436 e. The predicted octanol–water partition coefficient (Wildman–Crippen LogP) is 1.78. The van der Waals surface area contributed by atoms with E-state index >= 15 is 0 Å². The van der Waals surface area contributed by atoms with Crippen molar-refractivity contribution >= 4 is 16.8 Å². The zero-order chi connectivity index (χ0) is 12.7. The number of oxazole rings is 1. The molecule has 18 heavy (non-hydrogen) atoms. The first-order valence-corrected chi connectivity index (χ1v) is 5.47. The van der Waals surface area contributed by atoms with Crippen molar-refractivity contribution in [1.29, 1.82) is 0 Å². The predicted molar refractivity (Wildman–Crippen MR) is 69.1 cm³/mol. The SMILES string of the molecule is Cn1ccc(-c2nc3c(N)cccc3o2)cc1=O. The van der Waals surface area contributed by atoms with Crippen LogP contribution in [-0.2, 0) is 7.05 Å². The number of hydrogen-bond donors (Lipinski definition) is 1. The number of para-hydroxylation sites is 1. The molecule has 0 amide bonds. The third-order valence-electron chi connectivity index (χ3n) is 2.80. The van der Waals surface area contributed by atoms with Crippen LogP contribution in [0.1, 0.15) is 0 Å². The summed E-state index contributed by atoms with van der Waals surface area (Å²) >= 11 is 0. The smallest absolute Gasteiger partial charge is 0.251 e. The van der Waals surface area contributed by atoms with Crippen molar-refractivity contribution in [2.24, 2.45) is 7.05 Å². The molecular formula is C13H11N3O2. The van der Waals surface area contributed by atoms with Gasteiger partial charge in [-0.2, -0.15) is 0 Å². The van der Waals surface area contributed by atoms with Crippen molar-refractivity contribution in [1.82, 2.24) is 9.55 Å². The van der Waals surface area contributed by atoms with Crippen LogP contribution in [-0.4, -0.2) is 9.55 Å². The van der Waals surface area contributed by atoms with E-state index in [0.29, 0.717) is 28.2 Å². The minimum absolute atomic E-state index is 0.109. The van der Waals surface area contributed by atoms with Crippen molar-refractivity contribution in [3.8, 4) is 11.5 Å². The zero-order valence-corrected chi connectivity index (χ0v) is 9.75. The molecule has 0 saturated heterocycles. The lowest BCUT2D eigenvalue weighted by atomic mass is 10.2. The molecule has 0 bridgehead atoms. The van der Waals surface area contributed by atoms with Crippen LogP contribution in [0.5, 0.6) is 0 Å². The number of hydrogen-bond acceptors (Lipinski definition) is 4. The molecule has 5 nitrogen and oxygen atoms in total. The molecule has 5 heteroatoms. The van der Waals surface area contributed by atoms with E-state index < -0.39 is 0 Å². The molecule has 0 radical (unpaired) electrons. The Balaban J connectivity index is 2.22. The van der Waals surface area contributed by atoms with Crippen molar-refractivity contribution in [2.75, 3.05) is 5.73 Å². The Morgan fingerprint density at radius 3 is 2.89 bits per heavy atom. The van der Waals surface area contributed by atoms with Gasteiger partial charge in [0.15, 0.2) is 5.58 Å². The molecule has 0 spiro atoms. The van der Waals surface area contributed by atoms with Crippen LogP contribution in [0.2, 0.25) is 0 Å². The molecule has 2 aromatic heterocycles. The third kappa shape index (κ3) is 1.57. The van der Waals surface area contributed by atoms with Crippen LogP contribution in [0.4, 0.5) is 5.69 Å². The minimum atomic E-state index is -0.109.